The lowest BCUT2D eigenvalue weighted by atomic mass is 9.86. The summed E-state index contributed by atoms with van der Waals surface area (Å²) in [5.41, 5.74) is 12.9. The SMILES string of the molecule is CC.CC.CC.CC.CC.CC.CC(C)c1cc(Cl)c2c(ccn2C)c1.CCc1cc(Cl)c2c(ccn2C)c1.Cc1cc(C#N)c2c(ccn2C)c1.Cc1cc2ccn(C)c2cc1C#N.Cn1ccc2c(F)c(F)c(F)c(F)c21.Cn1ccc2cc(C(C)(C)C)cc(Cl)c21. The first-order valence-electron chi connectivity index (χ1n) is 32.6. The molecule has 94 heavy (non-hydrogen) atoms. The summed E-state index contributed by atoms with van der Waals surface area (Å²) in [5, 5.41) is 26.1. The van der Waals surface area contributed by atoms with Crippen molar-refractivity contribution in [2.24, 2.45) is 42.3 Å². The third-order valence-corrected chi connectivity index (χ3v) is 15.3. The molecule has 0 fully saturated rings. The maximum Gasteiger partial charge on any atom is 0.199 e. The van der Waals surface area contributed by atoms with Crippen LogP contribution in [0.4, 0.5) is 17.6 Å². The zero-order valence-electron chi connectivity index (χ0n) is 60.7. The van der Waals surface area contributed by atoms with Crippen molar-refractivity contribution in [1.29, 1.82) is 10.5 Å². The standard InChI is InChI=1S/C13H16ClN.C12H14ClN.C11H12ClN.2C11H10N2.C9H5F4N.6C2H6/c1-13(2,3)10-7-9-5-6-15(4)12(9)11(14)8-10;1-8(2)10-6-9-4-5-14(3)12(9)11(13)7-10;1-3-8-6-9-4-5-13(2)11(9)10(12)7-8;1-8-5-9-3-4-13(2)11(9)6-10(8)7-12;1-8-5-9-3-4-13(2)11(9)10(6-8)7-12;1-14-3-2-4-5(10)6(11)7(12)8(13)9(4)14;6*1-2/h5-8H,1-4H3;4-8H,1-3H3;4-7H,3H2,1-2H3;2*3-6H,1-2H3;2-3H,1H3;6*1-2H3. The molecule has 15 heteroatoms. The summed E-state index contributed by atoms with van der Waals surface area (Å²) in [4.78, 5) is 0. The number of hydrogen-bond acceptors (Lipinski definition) is 2. The Hall–Kier alpha value is -7.87. The van der Waals surface area contributed by atoms with E-state index in [-0.39, 0.29) is 16.3 Å². The molecule has 0 atom stereocenters. The van der Waals surface area contributed by atoms with Crippen molar-refractivity contribution in [1.82, 2.24) is 27.4 Å². The molecule has 0 amide bonds. The number of fused-ring (bicyclic) bond motifs is 6. The summed E-state index contributed by atoms with van der Waals surface area (Å²) < 4.78 is 63.1. The fraction of sp³-hybridized carbons (Fsp3) is 0.367. The van der Waals surface area contributed by atoms with Crippen LogP contribution in [0.2, 0.25) is 15.1 Å². The third kappa shape index (κ3) is 21.1. The van der Waals surface area contributed by atoms with Gasteiger partial charge in [-0.25, -0.2) is 17.6 Å². The number of rotatable bonds is 2. The monoisotopic (exact) mass is 1340 g/mol. The predicted molar refractivity (Wildman–Crippen MR) is 402 cm³/mol. The minimum atomic E-state index is -1.78. The summed E-state index contributed by atoms with van der Waals surface area (Å²) in [6.07, 6.45) is 12.5. The van der Waals surface area contributed by atoms with E-state index in [4.69, 9.17) is 45.3 Å². The van der Waals surface area contributed by atoms with Gasteiger partial charge in [-0.05, 0) is 162 Å². The Morgan fingerprint density at radius 2 is 0.819 bits per heavy atom. The average Bonchev–Trinajstić information content (AvgIpc) is 1.63. The second-order valence-corrected chi connectivity index (χ2v) is 23.1. The Labute approximate surface area is 574 Å². The van der Waals surface area contributed by atoms with Gasteiger partial charge in [0.15, 0.2) is 23.3 Å². The highest BCUT2D eigenvalue weighted by molar-refractivity contribution is 6.36. The van der Waals surface area contributed by atoms with Gasteiger partial charge < -0.3 is 27.4 Å². The van der Waals surface area contributed by atoms with E-state index in [1.807, 2.05) is 203 Å². The molecule has 6 heterocycles. The van der Waals surface area contributed by atoms with Crippen molar-refractivity contribution < 1.29 is 17.6 Å². The first kappa shape index (κ1) is 84.1. The van der Waals surface area contributed by atoms with Crippen LogP contribution in [0.15, 0.2) is 134 Å². The summed E-state index contributed by atoms with van der Waals surface area (Å²) >= 11 is 18.7. The van der Waals surface area contributed by atoms with Crippen LogP contribution < -0.4 is 0 Å². The van der Waals surface area contributed by atoms with Crippen molar-refractivity contribution in [3.8, 4) is 12.1 Å². The maximum absolute atomic E-state index is 13.1. The summed E-state index contributed by atoms with van der Waals surface area (Å²) in [6.45, 7) is 41.1. The van der Waals surface area contributed by atoms with Crippen LogP contribution in [-0.2, 0) is 54.1 Å². The minimum absolute atomic E-state index is 0.146. The smallest absolute Gasteiger partial charge is 0.199 e. The summed E-state index contributed by atoms with van der Waals surface area (Å²) in [7, 11) is 11.4. The van der Waals surface area contributed by atoms with E-state index in [1.165, 1.54) is 62.1 Å². The number of halogens is 7. The molecule has 0 radical (unpaired) electrons. The van der Waals surface area contributed by atoms with Gasteiger partial charge in [-0.1, -0.05) is 159 Å². The Balaban J connectivity index is 0.000000546. The highest BCUT2D eigenvalue weighted by Crippen LogP contribution is 2.33. The summed E-state index contributed by atoms with van der Waals surface area (Å²) in [6, 6.07) is 36.8. The summed E-state index contributed by atoms with van der Waals surface area (Å²) in [5.74, 6) is -5.76. The lowest BCUT2D eigenvalue weighted by Crippen LogP contribution is -2.10. The second kappa shape index (κ2) is 40.4. The molecule has 6 aromatic carbocycles. The molecule has 6 aromatic heterocycles. The van der Waals surface area contributed by atoms with Gasteiger partial charge in [-0.3, -0.25) is 0 Å². The van der Waals surface area contributed by atoms with Gasteiger partial charge in [0.05, 0.1) is 59.8 Å². The highest BCUT2D eigenvalue weighted by atomic mass is 35.5. The number of hydrogen-bond donors (Lipinski definition) is 0. The molecule has 0 aliphatic heterocycles. The van der Waals surface area contributed by atoms with E-state index in [0.29, 0.717) is 5.92 Å². The van der Waals surface area contributed by atoms with Crippen LogP contribution in [0.5, 0.6) is 0 Å². The van der Waals surface area contributed by atoms with E-state index in [2.05, 4.69) is 128 Å². The van der Waals surface area contributed by atoms with E-state index in [1.54, 1.807) is 0 Å². The Morgan fingerprint density at radius 3 is 1.29 bits per heavy atom. The second-order valence-electron chi connectivity index (χ2n) is 21.9. The fourth-order valence-corrected chi connectivity index (χ4v) is 10.9. The van der Waals surface area contributed by atoms with Gasteiger partial charge in [0.2, 0.25) is 0 Å². The van der Waals surface area contributed by atoms with Crippen LogP contribution in [0.1, 0.15) is 169 Å². The van der Waals surface area contributed by atoms with Gasteiger partial charge in [0.1, 0.15) is 6.07 Å². The number of nitriles is 2. The van der Waals surface area contributed by atoms with Crippen molar-refractivity contribution >= 4 is 100 Å². The molecule has 0 aliphatic rings. The molecule has 12 aromatic rings. The topological polar surface area (TPSA) is 77.2 Å². The molecule has 0 N–H and O–H groups in total. The molecular formula is C79H103Cl3F4N8. The first-order chi connectivity index (χ1) is 44.7. The molecule has 0 spiro atoms. The lowest BCUT2D eigenvalue weighted by molar-refractivity contribution is 0.416. The Bertz CT molecular complexity index is 4390. The van der Waals surface area contributed by atoms with Crippen LogP contribution >= 0.6 is 34.8 Å². The van der Waals surface area contributed by atoms with Crippen LogP contribution in [0, 0.1) is 59.8 Å². The average molecular weight is 1350 g/mol. The number of aromatic nitrogens is 6. The van der Waals surface area contributed by atoms with Gasteiger partial charge in [-0.2, -0.15) is 10.5 Å². The maximum atomic E-state index is 13.1. The van der Waals surface area contributed by atoms with E-state index >= 15 is 0 Å². The Morgan fingerprint density at radius 1 is 0.426 bits per heavy atom. The minimum Gasteiger partial charge on any atom is -0.351 e. The molecular weight excluding hydrogens is 1240 g/mol. The van der Waals surface area contributed by atoms with Crippen molar-refractivity contribution in [2.75, 3.05) is 0 Å². The quantitative estimate of drug-likeness (QED) is 0.0982. The van der Waals surface area contributed by atoms with Crippen molar-refractivity contribution in [2.45, 2.75) is 156 Å². The van der Waals surface area contributed by atoms with Gasteiger partial charge in [-0.15, -0.1) is 0 Å². The van der Waals surface area contributed by atoms with E-state index in [0.717, 1.165) is 76.7 Å². The first-order valence-corrected chi connectivity index (χ1v) is 33.7. The van der Waals surface area contributed by atoms with Crippen LogP contribution in [-0.4, -0.2) is 27.4 Å². The molecule has 508 valence electrons. The third-order valence-electron chi connectivity index (χ3n) is 14.5. The number of benzene rings is 6. The van der Waals surface area contributed by atoms with Gasteiger partial charge >= 0.3 is 0 Å². The molecule has 8 nitrogen and oxygen atoms in total. The van der Waals surface area contributed by atoms with Gasteiger partial charge in [0, 0.05) is 112 Å². The van der Waals surface area contributed by atoms with E-state index < -0.39 is 23.3 Å². The van der Waals surface area contributed by atoms with E-state index in [9.17, 15) is 17.6 Å². The highest BCUT2D eigenvalue weighted by Gasteiger charge is 2.22. The van der Waals surface area contributed by atoms with Gasteiger partial charge in [0.25, 0.3) is 0 Å². The van der Waals surface area contributed by atoms with Crippen molar-refractivity contribution in [3.63, 3.8) is 0 Å². The molecule has 0 saturated heterocycles. The van der Waals surface area contributed by atoms with Crippen LogP contribution in [0.3, 0.4) is 0 Å². The van der Waals surface area contributed by atoms with Crippen LogP contribution in [0.25, 0.3) is 65.4 Å². The number of aryl methyl sites for hydroxylation is 9. The predicted octanol–water partition coefficient (Wildman–Crippen LogP) is 25.1. The largest absolute Gasteiger partial charge is 0.351 e. The fourth-order valence-electron chi connectivity index (χ4n) is 9.83. The molecule has 12 rings (SSSR count). The normalized spacial score (nSPS) is 10.1. The zero-order chi connectivity index (χ0) is 72.2. The molecule has 0 bridgehead atoms. The molecule has 0 saturated carbocycles. The zero-order valence-corrected chi connectivity index (χ0v) is 63.0. The lowest BCUT2D eigenvalue weighted by Gasteiger charge is -2.19. The molecule has 0 aliphatic carbocycles. The molecule has 0 unspecified atom stereocenters. The van der Waals surface area contributed by atoms with Crippen molar-refractivity contribution in [3.05, 3.63) is 212 Å². The number of nitrogens with zero attached hydrogens (tertiary/aromatic N) is 8. The Kier molecular flexibility index (Phi) is 36.2.